The Hall–Kier alpha value is -3.77. The Morgan fingerprint density at radius 2 is 1.59 bits per heavy atom. The lowest BCUT2D eigenvalue weighted by atomic mass is 10.0. The Morgan fingerprint density at radius 3 is 2.41 bits per heavy atom. The summed E-state index contributed by atoms with van der Waals surface area (Å²) in [4.78, 5) is 24.6. The molecule has 0 heterocycles. The van der Waals surface area contributed by atoms with Crippen LogP contribution in [0.25, 0.3) is 10.8 Å². The number of hydrogen-bond donors (Lipinski definition) is 1. The number of fused-ring (bicyclic) bond motifs is 1. The van der Waals surface area contributed by atoms with E-state index in [1.807, 2.05) is 48.5 Å². The number of hydrazone groups is 1. The molecule has 0 aromatic heterocycles. The maximum Gasteiger partial charge on any atom is 0.344 e. The van der Waals surface area contributed by atoms with Gasteiger partial charge in [-0.1, -0.05) is 54.6 Å². The number of ether oxygens (including phenoxy) is 1. The van der Waals surface area contributed by atoms with Crippen molar-refractivity contribution in [2.45, 2.75) is 6.42 Å². The lowest BCUT2D eigenvalue weighted by Gasteiger charge is -2.06. The van der Waals surface area contributed by atoms with Gasteiger partial charge in [-0.3, -0.25) is 4.79 Å². The minimum Gasteiger partial charge on any atom is -0.423 e. The average Bonchev–Trinajstić information content (AvgIpc) is 2.81. The SMILES string of the molecule is O=C(Cc1cccc2ccccc12)N/N=C\c1ccc(OC(=O)c2ccccc2Br)cc1. The minimum atomic E-state index is -0.445. The fourth-order valence-corrected chi connectivity index (χ4v) is 3.70. The molecule has 0 unspecified atom stereocenters. The molecule has 4 aromatic carbocycles. The fraction of sp³-hybridized carbons (Fsp3) is 0.0385. The predicted molar refractivity (Wildman–Crippen MR) is 129 cm³/mol. The number of hydrogen-bond acceptors (Lipinski definition) is 4. The quantitative estimate of drug-likeness (QED) is 0.169. The highest BCUT2D eigenvalue weighted by atomic mass is 79.9. The van der Waals surface area contributed by atoms with Crippen LogP contribution in [0, 0.1) is 0 Å². The molecule has 32 heavy (non-hydrogen) atoms. The maximum absolute atomic E-state index is 12.3. The predicted octanol–water partition coefficient (Wildman–Crippen LogP) is 5.51. The van der Waals surface area contributed by atoms with Gasteiger partial charge in [0, 0.05) is 4.47 Å². The Labute approximate surface area is 193 Å². The molecule has 0 aliphatic carbocycles. The summed E-state index contributed by atoms with van der Waals surface area (Å²) in [7, 11) is 0. The highest BCUT2D eigenvalue weighted by molar-refractivity contribution is 9.10. The summed E-state index contributed by atoms with van der Waals surface area (Å²) in [6.07, 6.45) is 1.78. The number of benzene rings is 4. The van der Waals surface area contributed by atoms with Crippen LogP contribution >= 0.6 is 15.9 Å². The Morgan fingerprint density at radius 1 is 0.875 bits per heavy atom. The van der Waals surface area contributed by atoms with Crippen molar-refractivity contribution < 1.29 is 14.3 Å². The number of halogens is 1. The van der Waals surface area contributed by atoms with Crippen molar-refractivity contribution in [1.29, 1.82) is 0 Å². The molecule has 4 rings (SSSR count). The molecule has 158 valence electrons. The standard InChI is InChI=1S/C26H19BrN2O3/c27-24-11-4-3-10-23(24)26(31)32-21-14-12-18(13-15-21)17-28-29-25(30)16-20-8-5-7-19-6-1-2-9-22(19)20/h1-15,17H,16H2,(H,29,30)/b28-17-. The first-order chi connectivity index (χ1) is 15.6. The van der Waals surface area contributed by atoms with Crippen molar-refractivity contribution in [3.05, 3.63) is 112 Å². The largest absolute Gasteiger partial charge is 0.423 e. The Balaban J connectivity index is 1.33. The summed E-state index contributed by atoms with van der Waals surface area (Å²) in [6.45, 7) is 0. The number of nitrogens with zero attached hydrogens (tertiary/aromatic N) is 1. The molecule has 0 radical (unpaired) electrons. The summed E-state index contributed by atoms with van der Waals surface area (Å²) in [5.74, 6) is -0.223. The second-order valence-electron chi connectivity index (χ2n) is 7.05. The van der Waals surface area contributed by atoms with Crippen LogP contribution < -0.4 is 10.2 Å². The van der Waals surface area contributed by atoms with E-state index in [0.29, 0.717) is 15.8 Å². The van der Waals surface area contributed by atoms with Gasteiger partial charge in [0.1, 0.15) is 5.75 Å². The summed E-state index contributed by atoms with van der Waals surface area (Å²) in [5, 5.41) is 6.19. The molecule has 0 fully saturated rings. The molecule has 6 heteroatoms. The van der Waals surface area contributed by atoms with Crippen molar-refractivity contribution in [2.75, 3.05) is 0 Å². The number of carbonyl (C=O) groups is 2. The molecule has 0 aliphatic heterocycles. The molecule has 0 aliphatic rings. The van der Waals surface area contributed by atoms with Crippen LogP contribution in [0.4, 0.5) is 0 Å². The molecular weight excluding hydrogens is 468 g/mol. The van der Waals surface area contributed by atoms with E-state index in [2.05, 4.69) is 26.5 Å². The van der Waals surface area contributed by atoms with Crippen LogP contribution in [0.5, 0.6) is 5.75 Å². The zero-order valence-corrected chi connectivity index (χ0v) is 18.6. The van der Waals surface area contributed by atoms with Crippen LogP contribution in [0.1, 0.15) is 21.5 Å². The van der Waals surface area contributed by atoms with Crippen LogP contribution in [0.3, 0.4) is 0 Å². The summed E-state index contributed by atoms with van der Waals surface area (Å²) >= 11 is 3.34. The van der Waals surface area contributed by atoms with E-state index in [0.717, 1.165) is 21.9 Å². The maximum atomic E-state index is 12.3. The summed E-state index contributed by atoms with van der Waals surface area (Å²) in [6, 6.07) is 27.8. The van der Waals surface area contributed by atoms with Gasteiger partial charge in [-0.05, 0) is 74.2 Å². The Kier molecular flexibility index (Phi) is 6.72. The van der Waals surface area contributed by atoms with Gasteiger partial charge >= 0.3 is 5.97 Å². The van der Waals surface area contributed by atoms with E-state index in [1.165, 1.54) is 0 Å². The second kappa shape index (κ2) is 10.0. The Bertz CT molecular complexity index is 1290. The minimum absolute atomic E-state index is 0.198. The number of carbonyl (C=O) groups excluding carboxylic acids is 2. The molecule has 0 spiro atoms. The first kappa shape index (κ1) is 21.5. The number of rotatable bonds is 6. The van der Waals surface area contributed by atoms with Crippen molar-refractivity contribution >= 4 is 44.8 Å². The normalized spacial score (nSPS) is 10.9. The van der Waals surface area contributed by atoms with Gasteiger partial charge in [-0.2, -0.15) is 5.10 Å². The van der Waals surface area contributed by atoms with Crippen molar-refractivity contribution in [3.8, 4) is 5.75 Å². The van der Waals surface area contributed by atoms with Gasteiger partial charge in [0.15, 0.2) is 0 Å². The summed E-state index contributed by atoms with van der Waals surface area (Å²) < 4.78 is 6.07. The van der Waals surface area contributed by atoms with Crippen molar-refractivity contribution in [3.63, 3.8) is 0 Å². The molecule has 4 aromatic rings. The number of amides is 1. The van der Waals surface area contributed by atoms with E-state index in [4.69, 9.17) is 4.74 Å². The smallest absolute Gasteiger partial charge is 0.344 e. The van der Waals surface area contributed by atoms with Crippen LogP contribution in [0.2, 0.25) is 0 Å². The number of nitrogens with one attached hydrogen (secondary N) is 1. The first-order valence-corrected chi connectivity index (χ1v) is 10.7. The van der Waals surface area contributed by atoms with E-state index >= 15 is 0 Å². The first-order valence-electron chi connectivity index (χ1n) is 9.95. The van der Waals surface area contributed by atoms with Crippen LogP contribution in [0.15, 0.2) is 101 Å². The molecule has 0 bridgehead atoms. The molecule has 0 saturated carbocycles. The second-order valence-corrected chi connectivity index (χ2v) is 7.90. The third-order valence-electron chi connectivity index (χ3n) is 4.82. The average molecular weight is 487 g/mol. The van der Waals surface area contributed by atoms with E-state index < -0.39 is 5.97 Å². The molecule has 5 nitrogen and oxygen atoms in total. The van der Waals surface area contributed by atoms with E-state index in [9.17, 15) is 9.59 Å². The van der Waals surface area contributed by atoms with Crippen molar-refractivity contribution in [1.82, 2.24) is 5.43 Å². The highest BCUT2D eigenvalue weighted by Crippen LogP contribution is 2.20. The van der Waals surface area contributed by atoms with Crippen LogP contribution in [-0.2, 0) is 11.2 Å². The molecular formula is C26H19BrN2O3. The molecule has 1 amide bonds. The monoisotopic (exact) mass is 486 g/mol. The summed E-state index contributed by atoms with van der Waals surface area (Å²) in [5.41, 5.74) is 4.72. The third kappa shape index (κ3) is 5.28. The topological polar surface area (TPSA) is 67.8 Å². The van der Waals surface area contributed by atoms with Crippen molar-refractivity contribution in [2.24, 2.45) is 5.10 Å². The zero-order valence-electron chi connectivity index (χ0n) is 17.0. The fourth-order valence-electron chi connectivity index (χ4n) is 3.25. The molecule has 1 N–H and O–H groups in total. The van der Waals surface area contributed by atoms with Gasteiger partial charge in [0.05, 0.1) is 18.2 Å². The number of esters is 1. The third-order valence-corrected chi connectivity index (χ3v) is 5.51. The van der Waals surface area contributed by atoms with Gasteiger partial charge < -0.3 is 4.74 Å². The lowest BCUT2D eigenvalue weighted by Crippen LogP contribution is -2.19. The van der Waals surface area contributed by atoms with Crippen LogP contribution in [-0.4, -0.2) is 18.1 Å². The van der Waals surface area contributed by atoms with Gasteiger partial charge in [-0.25, -0.2) is 10.2 Å². The molecule has 0 saturated heterocycles. The highest BCUT2D eigenvalue weighted by Gasteiger charge is 2.11. The van der Waals surface area contributed by atoms with E-state index in [1.54, 1.807) is 48.7 Å². The molecule has 0 atom stereocenters. The van der Waals surface area contributed by atoms with Gasteiger partial charge in [0.25, 0.3) is 0 Å². The zero-order chi connectivity index (χ0) is 22.3. The van der Waals surface area contributed by atoms with Gasteiger partial charge in [-0.15, -0.1) is 0 Å². The van der Waals surface area contributed by atoms with E-state index in [-0.39, 0.29) is 12.3 Å². The lowest BCUT2D eigenvalue weighted by molar-refractivity contribution is -0.120. The van der Waals surface area contributed by atoms with Gasteiger partial charge in [0.2, 0.25) is 5.91 Å².